The average Bonchev–Trinajstić information content (AvgIpc) is 2.58. The molecule has 1 aromatic heterocycles. The molecule has 5 heteroatoms. The zero-order chi connectivity index (χ0) is 18.7. The minimum atomic E-state index is 0.255. The molecular formula is C21H23BrN4. The Balaban J connectivity index is 2.03. The maximum Gasteiger partial charge on any atom is 0.225 e. The molecule has 0 spiro atoms. The molecule has 0 saturated carbocycles. The van der Waals surface area contributed by atoms with Crippen molar-refractivity contribution >= 4 is 33.4 Å². The molecule has 0 saturated heterocycles. The van der Waals surface area contributed by atoms with Gasteiger partial charge in [0.25, 0.3) is 0 Å². The smallest absolute Gasteiger partial charge is 0.225 e. The number of rotatable bonds is 5. The van der Waals surface area contributed by atoms with Crippen LogP contribution in [-0.2, 0) is 0 Å². The second kappa shape index (κ2) is 7.87. The van der Waals surface area contributed by atoms with Crippen LogP contribution >= 0.6 is 15.9 Å². The van der Waals surface area contributed by atoms with Crippen molar-refractivity contribution in [1.82, 2.24) is 9.97 Å². The Bertz CT molecular complexity index is 884. The fourth-order valence-electron chi connectivity index (χ4n) is 2.83. The van der Waals surface area contributed by atoms with Crippen molar-refractivity contribution in [2.75, 3.05) is 10.6 Å². The summed E-state index contributed by atoms with van der Waals surface area (Å²) in [6, 6.07) is 16.6. The third kappa shape index (κ3) is 4.41. The zero-order valence-corrected chi connectivity index (χ0v) is 17.1. The Labute approximate surface area is 163 Å². The first-order chi connectivity index (χ1) is 12.4. The second-order valence-electron chi connectivity index (χ2n) is 6.67. The molecule has 0 atom stereocenters. The molecule has 1 heterocycles. The number of nitrogens with zero attached hydrogens (tertiary/aromatic N) is 2. The van der Waals surface area contributed by atoms with Crippen LogP contribution < -0.4 is 10.6 Å². The van der Waals surface area contributed by atoms with E-state index in [1.165, 1.54) is 0 Å². The van der Waals surface area contributed by atoms with E-state index in [9.17, 15) is 0 Å². The highest BCUT2D eigenvalue weighted by Crippen LogP contribution is 2.29. The van der Waals surface area contributed by atoms with Crippen molar-refractivity contribution < 1.29 is 0 Å². The first-order valence-electron chi connectivity index (χ1n) is 8.67. The van der Waals surface area contributed by atoms with Crippen molar-refractivity contribution in [3.8, 4) is 11.3 Å². The highest BCUT2D eigenvalue weighted by atomic mass is 79.9. The summed E-state index contributed by atoms with van der Waals surface area (Å²) in [5.74, 6) is 1.40. The number of hydrogen-bond acceptors (Lipinski definition) is 4. The quantitative estimate of drug-likeness (QED) is 0.534. The molecule has 3 rings (SSSR count). The topological polar surface area (TPSA) is 49.8 Å². The van der Waals surface area contributed by atoms with Crippen LogP contribution in [0.5, 0.6) is 0 Å². The summed E-state index contributed by atoms with van der Waals surface area (Å²) in [6.07, 6.45) is 0. The van der Waals surface area contributed by atoms with Crippen LogP contribution in [0.25, 0.3) is 11.3 Å². The van der Waals surface area contributed by atoms with E-state index in [1.807, 2.05) is 24.3 Å². The fraction of sp³-hybridized carbons (Fsp3) is 0.238. The second-order valence-corrected chi connectivity index (χ2v) is 7.58. The maximum absolute atomic E-state index is 4.67. The van der Waals surface area contributed by atoms with E-state index in [-0.39, 0.29) is 6.04 Å². The summed E-state index contributed by atoms with van der Waals surface area (Å²) in [4.78, 5) is 9.33. The lowest BCUT2D eigenvalue weighted by Gasteiger charge is -2.16. The molecule has 4 nitrogen and oxygen atoms in total. The highest BCUT2D eigenvalue weighted by Gasteiger charge is 2.10. The zero-order valence-electron chi connectivity index (χ0n) is 15.5. The van der Waals surface area contributed by atoms with E-state index < -0.39 is 0 Å². The van der Waals surface area contributed by atoms with Gasteiger partial charge in [-0.05, 0) is 51.0 Å². The van der Waals surface area contributed by atoms with Gasteiger partial charge in [-0.25, -0.2) is 4.98 Å². The first kappa shape index (κ1) is 18.4. The molecule has 26 heavy (non-hydrogen) atoms. The number of hydrogen-bond donors (Lipinski definition) is 2. The summed E-state index contributed by atoms with van der Waals surface area (Å²) >= 11 is 3.55. The third-order valence-corrected chi connectivity index (χ3v) is 4.42. The van der Waals surface area contributed by atoms with Crippen molar-refractivity contribution in [1.29, 1.82) is 0 Å². The summed E-state index contributed by atoms with van der Waals surface area (Å²) < 4.78 is 1.08. The van der Waals surface area contributed by atoms with Gasteiger partial charge in [-0.15, -0.1) is 0 Å². The summed E-state index contributed by atoms with van der Waals surface area (Å²) in [5.41, 5.74) is 5.35. The molecule has 0 radical (unpaired) electrons. The summed E-state index contributed by atoms with van der Waals surface area (Å²) in [6.45, 7) is 8.34. The van der Waals surface area contributed by atoms with E-state index in [1.54, 1.807) is 0 Å². The van der Waals surface area contributed by atoms with Gasteiger partial charge in [0.1, 0.15) is 5.82 Å². The molecule has 0 aliphatic carbocycles. The summed E-state index contributed by atoms with van der Waals surface area (Å²) in [7, 11) is 0. The van der Waals surface area contributed by atoms with Gasteiger partial charge >= 0.3 is 0 Å². The van der Waals surface area contributed by atoms with Gasteiger partial charge in [0.15, 0.2) is 0 Å². The van der Waals surface area contributed by atoms with Crippen LogP contribution in [-0.4, -0.2) is 16.0 Å². The van der Waals surface area contributed by atoms with Gasteiger partial charge < -0.3 is 10.6 Å². The number of aryl methyl sites for hydroxylation is 2. The van der Waals surface area contributed by atoms with Gasteiger partial charge in [-0.1, -0.05) is 46.3 Å². The van der Waals surface area contributed by atoms with Crippen LogP contribution in [0.1, 0.15) is 25.0 Å². The molecule has 0 aliphatic heterocycles. The Kier molecular flexibility index (Phi) is 5.57. The van der Waals surface area contributed by atoms with Gasteiger partial charge in [-0.2, -0.15) is 4.98 Å². The molecule has 2 aromatic carbocycles. The standard InChI is InChI=1S/C21H23BrN4/c1-13(2)23-21-24-18(16-8-6-5-7-9-16)12-19(26-21)25-20-14(3)10-17(22)11-15(20)4/h5-13H,1-4H3,(H2,23,24,25,26). The lowest BCUT2D eigenvalue weighted by molar-refractivity contribution is 0.876. The highest BCUT2D eigenvalue weighted by molar-refractivity contribution is 9.10. The molecule has 3 aromatic rings. The van der Waals surface area contributed by atoms with Crippen molar-refractivity contribution in [2.24, 2.45) is 0 Å². The lowest BCUT2D eigenvalue weighted by Crippen LogP contribution is -2.13. The normalized spacial score (nSPS) is 10.8. The van der Waals surface area contributed by atoms with Crippen LogP contribution in [0, 0.1) is 13.8 Å². The molecule has 134 valence electrons. The summed E-state index contributed by atoms with van der Waals surface area (Å²) in [5, 5.41) is 6.79. The lowest BCUT2D eigenvalue weighted by atomic mass is 10.1. The largest absolute Gasteiger partial charge is 0.352 e. The van der Waals surface area contributed by atoms with E-state index >= 15 is 0 Å². The minimum Gasteiger partial charge on any atom is -0.352 e. The molecule has 0 fully saturated rings. The monoisotopic (exact) mass is 410 g/mol. The maximum atomic E-state index is 4.67. The molecule has 2 N–H and O–H groups in total. The Hall–Kier alpha value is -2.40. The van der Waals surface area contributed by atoms with Gasteiger partial charge in [0.05, 0.1) is 5.69 Å². The number of nitrogens with one attached hydrogen (secondary N) is 2. The van der Waals surface area contributed by atoms with Gasteiger partial charge in [-0.3, -0.25) is 0 Å². The molecule has 0 amide bonds. The van der Waals surface area contributed by atoms with Crippen LogP contribution in [0.15, 0.2) is 53.0 Å². The van der Waals surface area contributed by atoms with Crippen LogP contribution in [0.2, 0.25) is 0 Å². The predicted octanol–water partition coefficient (Wildman–Crippen LogP) is 6.09. The number of halogens is 1. The minimum absolute atomic E-state index is 0.255. The average molecular weight is 411 g/mol. The Morgan fingerprint density at radius 3 is 2.19 bits per heavy atom. The van der Waals surface area contributed by atoms with E-state index in [2.05, 4.69) is 88.5 Å². The van der Waals surface area contributed by atoms with Crippen LogP contribution in [0.3, 0.4) is 0 Å². The molecule has 0 unspecified atom stereocenters. The van der Waals surface area contributed by atoms with E-state index in [0.717, 1.165) is 38.4 Å². The molecule has 0 bridgehead atoms. The van der Waals surface area contributed by atoms with Crippen molar-refractivity contribution in [3.05, 3.63) is 64.1 Å². The van der Waals surface area contributed by atoms with Crippen molar-refractivity contribution in [2.45, 2.75) is 33.7 Å². The SMILES string of the molecule is Cc1cc(Br)cc(C)c1Nc1cc(-c2ccccc2)nc(NC(C)C)n1. The van der Waals surface area contributed by atoms with E-state index in [4.69, 9.17) is 0 Å². The third-order valence-electron chi connectivity index (χ3n) is 3.96. The van der Waals surface area contributed by atoms with E-state index in [0.29, 0.717) is 5.95 Å². The fourth-order valence-corrected chi connectivity index (χ4v) is 3.51. The number of anilines is 3. The predicted molar refractivity (Wildman–Crippen MR) is 113 cm³/mol. The Morgan fingerprint density at radius 1 is 0.923 bits per heavy atom. The van der Waals surface area contributed by atoms with Crippen LogP contribution in [0.4, 0.5) is 17.5 Å². The Morgan fingerprint density at radius 2 is 1.58 bits per heavy atom. The molecule has 0 aliphatic rings. The first-order valence-corrected chi connectivity index (χ1v) is 9.46. The van der Waals surface area contributed by atoms with Gasteiger partial charge in [0, 0.05) is 27.8 Å². The van der Waals surface area contributed by atoms with Crippen molar-refractivity contribution in [3.63, 3.8) is 0 Å². The van der Waals surface area contributed by atoms with Gasteiger partial charge in [0.2, 0.25) is 5.95 Å². The number of aromatic nitrogens is 2. The number of benzene rings is 2. The molecular weight excluding hydrogens is 388 g/mol.